The van der Waals surface area contributed by atoms with Crippen LogP contribution in [0.5, 0.6) is 0 Å². The number of nitrogens with one attached hydrogen (secondary N) is 2. The van der Waals surface area contributed by atoms with E-state index in [-0.39, 0.29) is 4.87 Å². The number of hydrogen-bond acceptors (Lipinski definition) is 3. The Bertz CT molecular complexity index is 182. The van der Waals surface area contributed by atoms with Crippen molar-refractivity contribution >= 4 is 12.6 Å². The van der Waals surface area contributed by atoms with Crippen molar-refractivity contribution in [2.24, 2.45) is 0 Å². The van der Waals surface area contributed by atoms with Crippen LogP contribution in [-0.2, 0) is 0 Å². The van der Waals surface area contributed by atoms with E-state index in [0.29, 0.717) is 12.1 Å². The molecule has 0 aromatic heterocycles. The summed E-state index contributed by atoms with van der Waals surface area (Å²) in [5.41, 5.74) is 0. The van der Waals surface area contributed by atoms with Crippen LogP contribution in [0.2, 0.25) is 0 Å². The third-order valence-electron chi connectivity index (χ3n) is 3.28. The van der Waals surface area contributed by atoms with Crippen molar-refractivity contribution in [1.82, 2.24) is 10.6 Å². The molecule has 0 aromatic rings. The topological polar surface area (TPSA) is 24.1 Å². The summed E-state index contributed by atoms with van der Waals surface area (Å²) in [5.74, 6) is 0. The minimum absolute atomic E-state index is 0.0315. The molecule has 1 saturated carbocycles. The van der Waals surface area contributed by atoms with Crippen molar-refractivity contribution in [3.05, 3.63) is 0 Å². The summed E-state index contributed by atoms with van der Waals surface area (Å²) in [6, 6.07) is 1.35. The van der Waals surface area contributed by atoms with Gasteiger partial charge in [0.2, 0.25) is 0 Å². The first-order valence-electron chi connectivity index (χ1n) is 5.41. The van der Waals surface area contributed by atoms with Gasteiger partial charge in [0.25, 0.3) is 0 Å². The van der Waals surface area contributed by atoms with Crippen molar-refractivity contribution in [3.8, 4) is 0 Å². The summed E-state index contributed by atoms with van der Waals surface area (Å²) in [6.45, 7) is 3.29. The second-order valence-electron chi connectivity index (χ2n) is 4.62. The van der Waals surface area contributed by atoms with E-state index in [0.717, 1.165) is 13.0 Å². The fourth-order valence-electron chi connectivity index (χ4n) is 2.52. The largest absolute Gasteiger partial charge is 0.312 e. The highest BCUT2D eigenvalue weighted by molar-refractivity contribution is 7.81. The van der Waals surface area contributed by atoms with Crippen LogP contribution >= 0.6 is 12.6 Å². The lowest BCUT2D eigenvalue weighted by atomic mass is 9.90. The van der Waals surface area contributed by atoms with Gasteiger partial charge in [-0.3, -0.25) is 5.32 Å². The maximum Gasteiger partial charge on any atom is 0.0601 e. The van der Waals surface area contributed by atoms with Crippen molar-refractivity contribution in [2.45, 2.75) is 56.0 Å². The van der Waals surface area contributed by atoms with Gasteiger partial charge >= 0.3 is 0 Å². The monoisotopic (exact) mass is 200 g/mol. The molecule has 0 spiro atoms. The molecule has 1 aliphatic carbocycles. The van der Waals surface area contributed by atoms with Gasteiger partial charge in [0.05, 0.1) is 4.87 Å². The first-order chi connectivity index (χ1) is 6.17. The average molecular weight is 200 g/mol. The molecular weight excluding hydrogens is 180 g/mol. The van der Waals surface area contributed by atoms with Gasteiger partial charge in [-0.25, -0.2) is 0 Å². The normalized spacial score (nSPS) is 46.6. The first kappa shape index (κ1) is 9.81. The zero-order chi connectivity index (χ0) is 9.31. The van der Waals surface area contributed by atoms with Crippen molar-refractivity contribution in [2.75, 3.05) is 6.54 Å². The minimum atomic E-state index is 0.0315. The van der Waals surface area contributed by atoms with Gasteiger partial charge in [0.15, 0.2) is 0 Å². The van der Waals surface area contributed by atoms with Crippen molar-refractivity contribution in [3.63, 3.8) is 0 Å². The third-order valence-corrected chi connectivity index (χ3v) is 3.63. The van der Waals surface area contributed by atoms with Crippen molar-refractivity contribution in [1.29, 1.82) is 0 Å². The lowest BCUT2D eigenvalue weighted by Crippen LogP contribution is -2.51. The van der Waals surface area contributed by atoms with Gasteiger partial charge in [-0.15, -0.1) is 0 Å². The fourth-order valence-corrected chi connectivity index (χ4v) is 2.80. The molecule has 2 N–H and O–H groups in total. The molecule has 1 aliphatic heterocycles. The van der Waals surface area contributed by atoms with Crippen LogP contribution in [-0.4, -0.2) is 23.5 Å². The first-order valence-corrected chi connectivity index (χ1v) is 5.86. The highest BCUT2D eigenvalue weighted by Crippen LogP contribution is 2.26. The maximum atomic E-state index is 4.65. The quantitative estimate of drug-likeness (QED) is 0.517. The highest BCUT2D eigenvalue weighted by Gasteiger charge is 2.32. The summed E-state index contributed by atoms with van der Waals surface area (Å²) >= 11 is 4.65. The molecule has 0 aromatic carbocycles. The van der Waals surface area contributed by atoms with Crippen molar-refractivity contribution < 1.29 is 0 Å². The molecule has 2 rings (SSSR count). The highest BCUT2D eigenvalue weighted by atomic mass is 32.1. The minimum Gasteiger partial charge on any atom is -0.312 e. The summed E-state index contributed by atoms with van der Waals surface area (Å²) in [6.07, 6.45) is 6.53. The Morgan fingerprint density at radius 1 is 1.23 bits per heavy atom. The Morgan fingerprint density at radius 3 is 2.69 bits per heavy atom. The van der Waals surface area contributed by atoms with Gasteiger partial charge in [-0.05, 0) is 32.7 Å². The van der Waals surface area contributed by atoms with Gasteiger partial charge in [0, 0.05) is 12.1 Å². The Morgan fingerprint density at radius 2 is 1.92 bits per heavy atom. The molecule has 3 heteroatoms. The van der Waals surface area contributed by atoms with E-state index in [1.807, 2.05) is 0 Å². The Balaban J connectivity index is 2.03. The summed E-state index contributed by atoms with van der Waals surface area (Å²) in [5, 5.41) is 7.29. The Hall–Kier alpha value is 0.270. The van der Waals surface area contributed by atoms with Crippen LogP contribution in [0.4, 0.5) is 0 Å². The molecule has 2 aliphatic rings. The molecule has 3 unspecified atom stereocenters. The molecule has 2 nitrogen and oxygen atoms in total. The van der Waals surface area contributed by atoms with Gasteiger partial charge in [-0.1, -0.05) is 12.8 Å². The number of thiol groups is 1. The zero-order valence-electron chi connectivity index (χ0n) is 8.34. The fraction of sp³-hybridized carbons (Fsp3) is 1.00. The van der Waals surface area contributed by atoms with E-state index in [4.69, 9.17) is 0 Å². The zero-order valence-corrected chi connectivity index (χ0v) is 9.24. The van der Waals surface area contributed by atoms with E-state index >= 15 is 0 Å². The van der Waals surface area contributed by atoms with Crippen LogP contribution in [0.15, 0.2) is 0 Å². The number of hydrogen-bond donors (Lipinski definition) is 3. The SMILES string of the molecule is CC1(S)CCNC2CCCCC2N1. The second-order valence-corrected chi connectivity index (χ2v) is 5.61. The van der Waals surface area contributed by atoms with E-state index in [9.17, 15) is 0 Å². The van der Waals surface area contributed by atoms with E-state index in [2.05, 4.69) is 30.2 Å². The molecule has 0 bridgehead atoms. The molecule has 1 saturated heterocycles. The predicted octanol–water partition coefficient (Wildman–Crippen LogP) is 1.53. The molecule has 3 atom stereocenters. The maximum absolute atomic E-state index is 4.65. The second kappa shape index (κ2) is 3.79. The van der Waals surface area contributed by atoms with Gasteiger partial charge < -0.3 is 5.32 Å². The average Bonchev–Trinajstić information content (AvgIpc) is 2.21. The van der Waals surface area contributed by atoms with Crippen LogP contribution in [0.1, 0.15) is 39.0 Å². The van der Waals surface area contributed by atoms with Gasteiger partial charge in [-0.2, -0.15) is 12.6 Å². The molecular formula is C10H20N2S. The molecule has 13 heavy (non-hydrogen) atoms. The van der Waals surface area contributed by atoms with Gasteiger partial charge in [0.1, 0.15) is 0 Å². The van der Waals surface area contributed by atoms with Crippen LogP contribution < -0.4 is 10.6 Å². The van der Waals surface area contributed by atoms with Crippen LogP contribution in [0.3, 0.4) is 0 Å². The third kappa shape index (κ3) is 2.39. The molecule has 0 radical (unpaired) electrons. The lowest BCUT2D eigenvalue weighted by Gasteiger charge is -2.34. The predicted molar refractivity (Wildman–Crippen MR) is 59.2 cm³/mol. The number of fused-ring (bicyclic) bond motifs is 1. The summed E-state index contributed by atoms with van der Waals surface area (Å²) < 4.78 is 0. The van der Waals surface area contributed by atoms with E-state index < -0.39 is 0 Å². The standard InChI is InChI=1S/C10H20N2S/c1-10(13)6-7-11-8-4-2-3-5-9(8)12-10/h8-9,11-13H,2-7H2,1H3. The summed E-state index contributed by atoms with van der Waals surface area (Å²) in [4.78, 5) is 0.0315. The number of rotatable bonds is 0. The Kier molecular flexibility index (Phi) is 2.86. The molecule has 1 heterocycles. The Labute approximate surface area is 86.3 Å². The smallest absolute Gasteiger partial charge is 0.0601 e. The van der Waals surface area contributed by atoms with Crippen LogP contribution in [0.25, 0.3) is 0 Å². The molecule has 2 fully saturated rings. The summed E-state index contributed by atoms with van der Waals surface area (Å²) in [7, 11) is 0. The molecule has 0 amide bonds. The van der Waals surface area contributed by atoms with E-state index in [1.165, 1.54) is 25.7 Å². The van der Waals surface area contributed by atoms with E-state index in [1.54, 1.807) is 0 Å². The lowest BCUT2D eigenvalue weighted by molar-refractivity contribution is 0.291. The van der Waals surface area contributed by atoms with Crippen LogP contribution in [0, 0.1) is 0 Å². The molecule has 76 valence electrons.